The molecular formula is C26H19NO7. The van der Waals surface area contributed by atoms with Crippen molar-refractivity contribution in [3.05, 3.63) is 89.0 Å². The van der Waals surface area contributed by atoms with Gasteiger partial charge in [0.2, 0.25) is 6.10 Å². The van der Waals surface area contributed by atoms with Gasteiger partial charge in [0.15, 0.2) is 29.7 Å². The lowest BCUT2D eigenvalue weighted by molar-refractivity contribution is -0.159. The van der Waals surface area contributed by atoms with Crippen LogP contribution in [0, 0.1) is 0 Å². The van der Waals surface area contributed by atoms with Crippen molar-refractivity contribution in [3.63, 3.8) is 0 Å². The van der Waals surface area contributed by atoms with E-state index in [2.05, 4.69) is 5.32 Å². The van der Waals surface area contributed by atoms with Crippen LogP contribution < -0.4 is 14.8 Å². The zero-order valence-electron chi connectivity index (χ0n) is 18.1. The van der Waals surface area contributed by atoms with Crippen LogP contribution in [0.5, 0.6) is 11.5 Å². The summed E-state index contributed by atoms with van der Waals surface area (Å²) in [6, 6.07) is 18.0. The molecule has 1 N–H and O–H groups in total. The smallest absolute Gasteiger partial charge is 0.351 e. The van der Waals surface area contributed by atoms with Crippen LogP contribution in [-0.4, -0.2) is 42.3 Å². The molecule has 2 aliphatic rings. The number of nitrogens with one attached hydrogen (secondary N) is 1. The van der Waals surface area contributed by atoms with E-state index in [0.29, 0.717) is 28.3 Å². The molecule has 0 fully saturated rings. The molecule has 2 unspecified atom stereocenters. The van der Waals surface area contributed by atoms with Gasteiger partial charge in [-0.05, 0) is 37.3 Å². The number of benzene rings is 3. The third-order valence-electron chi connectivity index (χ3n) is 5.63. The largest absolute Gasteiger partial charge is 0.482 e. The van der Waals surface area contributed by atoms with Crippen LogP contribution in [0.3, 0.4) is 0 Å². The van der Waals surface area contributed by atoms with Crippen molar-refractivity contribution in [2.75, 3.05) is 11.9 Å². The summed E-state index contributed by atoms with van der Waals surface area (Å²) in [5, 5.41) is 2.58. The second kappa shape index (κ2) is 8.47. The van der Waals surface area contributed by atoms with Crippen LogP contribution in [0.2, 0.25) is 0 Å². The molecule has 3 aromatic carbocycles. The Kier molecular flexibility index (Phi) is 5.33. The van der Waals surface area contributed by atoms with Gasteiger partial charge in [-0.15, -0.1) is 0 Å². The number of para-hydroxylation sites is 2. The second-order valence-electron chi connectivity index (χ2n) is 7.93. The number of carbonyl (C=O) groups excluding carboxylic acids is 4. The van der Waals surface area contributed by atoms with E-state index >= 15 is 0 Å². The number of esters is 1. The number of rotatable bonds is 4. The van der Waals surface area contributed by atoms with Gasteiger partial charge in [0.25, 0.3) is 5.91 Å². The Balaban J connectivity index is 1.23. The van der Waals surface area contributed by atoms with Crippen LogP contribution in [-0.2, 0) is 14.3 Å². The summed E-state index contributed by atoms with van der Waals surface area (Å²) in [5.41, 5.74) is 1.47. The fraction of sp³-hybridized carbons (Fsp3) is 0.154. The van der Waals surface area contributed by atoms with Crippen molar-refractivity contribution < 1.29 is 33.4 Å². The molecule has 1 aliphatic heterocycles. The van der Waals surface area contributed by atoms with E-state index in [1.807, 2.05) is 0 Å². The number of hydrogen-bond acceptors (Lipinski definition) is 7. The Labute approximate surface area is 194 Å². The average Bonchev–Trinajstić information content (AvgIpc) is 2.85. The van der Waals surface area contributed by atoms with Crippen LogP contribution in [0.4, 0.5) is 5.69 Å². The highest BCUT2D eigenvalue weighted by Gasteiger charge is 2.35. The SMILES string of the molecule is CC1Oc2ccccc2OC1C(=O)OCC(=O)Nc1ccc2c(c1)C(=O)c1ccccc1C2=O. The van der Waals surface area contributed by atoms with Crippen LogP contribution >= 0.6 is 0 Å². The topological polar surface area (TPSA) is 108 Å². The van der Waals surface area contributed by atoms with E-state index in [0.717, 1.165) is 0 Å². The molecule has 0 saturated heterocycles. The van der Waals surface area contributed by atoms with Gasteiger partial charge in [-0.1, -0.05) is 36.4 Å². The third kappa shape index (κ3) is 3.79. The van der Waals surface area contributed by atoms with Crippen molar-refractivity contribution in [3.8, 4) is 11.5 Å². The number of ether oxygens (including phenoxy) is 3. The molecule has 0 radical (unpaired) electrons. The van der Waals surface area contributed by atoms with Crippen LogP contribution in [0.15, 0.2) is 66.7 Å². The van der Waals surface area contributed by atoms with Crippen molar-refractivity contribution in [2.24, 2.45) is 0 Å². The Morgan fingerprint density at radius 1 is 0.824 bits per heavy atom. The van der Waals surface area contributed by atoms with Gasteiger partial charge >= 0.3 is 5.97 Å². The molecule has 8 nitrogen and oxygen atoms in total. The van der Waals surface area contributed by atoms with Gasteiger partial charge in [-0.25, -0.2) is 4.79 Å². The summed E-state index contributed by atoms with van der Waals surface area (Å²) in [6.07, 6.45) is -1.62. The van der Waals surface area contributed by atoms with Crippen molar-refractivity contribution in [1.29, 1.82) is 0 Å². The number of amides is 1. The molecule has 8 heteroatoms. The Morgan fingerprint density at radius 2 is 1.41 bits per heavy atom. The van der Waals surface area contributed by atoms with E-state index in [-0.39, 0.29) is 22.7 Å². The highest BCUT2D eigenvalue weighted by Crippen LogP contribution is 2.34. The van der Waals surface area contributed by atoms with E-state index in [1.54, 1.807) is 55.5 Å². The molecule has 0 bridgehead atoms. The predicted molar refractivity (Wildman–Crippen MR) is 120 cm³/mol. The van der Waals surface area contributed by atoms with Crippen molar-refractivity contribution >= 4 is 29.1 Å². The quantitative estimate of drug-likeness (QED) is 0.469. The molecule has 170 valence electrons. The summed E-state index contributed by atoms with van der Waals surface area (Å²) in [6.45, 7) is 1.12. The minimum absolute atomic E-state index is 0.207. The van der Waals surface area contributed by atoms with E-state index in [1.165, 1.54) is 18.2 Å². The van der Waals surface area contributed by atoms with Gasteiger partial charge in [0.05, 0.1) is 0 Å². The van der Waals surface area contributed by atoms with Gasteiger partial charge in [0, 0.05) is 27.9 Å². The zero-order valence-corrected chi connectivity index (χ0v) is 18.1. The lowest BCUT2D eigenvalue weighted by Crippen LogP contribution is -2.45. The summed E-state index contributed by atoms with van der Waals surface area (Å²) < 4.78 is 16.5. The summed E-state index contributed by atoms with van der Waals surface area (Å²) in [7, 11) is 0. The number of ketones is 2. The number of carbonyl (C=O) groups is 4. The van der Waals surface area contributed by atoms with Gasteiger partial charge in [-0.2, -0.15) is 0 Å². The van der Waals surface area contributed by atoms with Gasteiger partial charge < -0.3 is 19.5 Å². The van der Waals surface area contributed by atoms with E-state index < -0.39 is 30.7 Å². The normalized spacial score (nSPS) is 17.9. The average molecular weight is 457 g/mol. The molecule has 5 rings (SSSR count). The van der Waals surface area contributed by atoms with Crippen molar-refractivity contribution in [2.45, 2.75) is 19.1 Å². The zero-order chi connectivity index (χ0) is 23.8. The minimum atomic E-state index is -1.02. The number of fused-ring (bicyclic) bond motifs is 3. The molecule has 0 spiro atoms. The van der Waals surface area contributed by atoms with Crippen molar-refractivity contribution in [1.82, 2.24) is 0 Å². The molecule has 3 aromatic rings. The van der Waals surface area contributed by atoms with E-state index in [9.17, 15) is 19.2 Å². The Bertz CT molecular complexity index is 1350. The number of hydrogen-bond donors (Lipinski definition) is 1. The third-order valence-corrected chi connectivity index (χ3v) is 5.63. The van der Waals surface area contributed by atoms with Crippen LogP contribution in [0.25, 0.3) is 0 Å². The maximum absolute atomic E-state index is 12.8. The first kappa shape index (κ1) is 21.4. The first-order valence-corrected chi connectivity index (χ1v) is 10.6. The molecule has 1 heterocycles. The predicted octanol–water partition coefficient (Wildman–Crippen LogP) is 3.17. The molecule has 2 atom stereocenters. The van der Waals surface area contributed by atoms with Gasteiger partial charge in [-0.3, -0.25) is 14.4 Å². The molecule has 0 aromatic heterocycles. The first-order chi connectivity index (χ1) is 16.4. The fourth-order valence-corrected chi connectivity index (χ4v) is 3.97. The summed E-state index contributed by atoms with van der Waals surface area (Å²) in [4.78, 5) is 50.4. The Hall–Kier alpha value is -4.46. The highest BCUT2D eigenvalue weighted by molar-refractivity contribution is 6.28. The first-order valence-electron chi connectivity index (χ1n) is 10.6. The lowest BCUT2D eigenvalue weighted by atomic mass is 9.84. The monoisotopic (exact) mass is 457 g/mol. The molecule has 34 heavy (non-hydrogen) atoms. The standard InChI is InChI=1S/C26H19NO7/c1-14-25(34-21-9-5-4-8-20(21)33-14)26(31)32-13-22(28)27-15-10-11-18-19(12-15)24(30)17-7-3-2-6-16(17)23(18)29/h2-12,14,25H,13H2,1H3,(H,27,28). The van der Waals surface area contributed by atoms with Crippen LogP contribution in [0.1, 0.15) is 38.8 Å². The maximum atomic E-state index is 12.8. The Morgan fingerprint density at radius 3 is 2.12 bits per heavy atom. The number of anilines is 1. The maximum Gasteiger partial charge on any atom is 0.351 e. The lowest BCUT2D eigenvalue weighted by Gasteiger charge is -2.30. The molecule has 1 aliphatic carbocycles. The minimum Gasteiger partial charge on any atom is -0.482 e. The summed E-state index contributed by atoms with van der Waals surface area (Å²) in [5.74, 6) is -0.936. The summed E-state index contributed by atoms with van der Waals surface area (Å²) >= 11 is 0. The van der Waals surface area contributed by atoms with Gasteiger partial charge in [0.1, 0.15) is 6.10 Å². The fourth-order valence-electron chi connectivity index (χ4n) is 3.97. The molecule has 0 saturated carbocycles. The molecular weight excluding hydrogens is 438 g/mol. The highest BCUT2D eigenvalue weighted by atomic mass is 16.6. The second-order valence-corrected chi connectivity index (χ2v) is 7.93. The molecule has 1 amide bonds. The van der Waals surface area contributed by atoms with E-state index in [4.69, 9.17) is 14.2 Å².